The van der Waals surface area contributed by atoms with Crippen molar-refractivity contribution in [1.29, 1.82) is 0 Å². The van der Waals surface area contributed by atoms with E-state index >= 15 is 0 Å². The molecule has 0 radical (unpaired) electrons. The van der Waals surface area contributed by atoms with Crippen molar-refractivity contribution in [3.63, 3.8) is 0 Å². The maximum absolute atomic E-state index is 9.13. The van der Waals surface area contributed by atoms with Crippen LogP contribution < -0.4 is 10.6 Å². The normalized spacial score (nSPS) is 17.6. The number of aromatic nitrogens is 1. The van der Waals surface area contributed by atoms with E-state index in [1.54, 1.807) is 0 Å². The minimum absolute atomic E-state index is 0.0287. The number of aliphatic hydroxyl groups is 1. The molecule has 0 aliphatic heterocycles. The van der Waals surface area contributed by atoms with Gasteiger partial charge in [0.1, 0.15) is 0 Å². The van der Waals surface area contributed by atoms with Crippen molar-refractivity contribution >= 4 is 5.69 Å². The summed E-state index contributed by atoms with van der Waals surface area (Å²) < 4.78 is 0. The van der Waals surface area contributed by atoms with Crippen molar-refractivity contribution in [3.8, 4) is 0 Å². The fraction of sp³-hybridized carbons (Fsp3) is 0.615. The Kier molecular flexibility index (Phi) is 3.97. The van der Waals surface area contributed by atoms with Gasteiger partial charge in [-0.05, 0) is 38.3 Å². The maximum Gasteiger partial charge on any atom is 0.0606 e. The lowest BCUT2D eigenvalue weighted by atomic mass is 9.91. The van der Waals surface area contributed by atoms with Gasteiger partial charge < -0.3 is 15.7 Å². The molecule has 1 aromatic heterocycles. The van der Waals surface area contributed by atoms with Crippen LogP contribution in [0.5, 0.6) is 0 Å². The van der Waals surface area contributed by atoms with E-state index in [0.29, 0.717) is 12.6 Å². The van der Waals surface area contributed by atoms with Gasteiger partial charge in [0.15, 0.2) is 0 Å². The van der Waals surface area contributed by atoms with Gasteiger partial charge in [-0.1, -0.05) is 0 Å². The average molecular weight is 235 g/mol. The average Bonchev–Trinajstić information content (AvgIpc) is 2.26. The Morgan fingerprint density at radius 1 is 1.53 bits per heavy atom. The first-order valence-electron chi connectivity index (χ1n) is 6.31. The summed E-state index contributed by atoms with van der Waals surface area (Å²) in [5.41, 5.74) is 7.78. The Morgan fingerprint density at radius 3 is 2.71 bits per heavy atom. The molecule has 94 valence electrons. The summed E-state index contributed by atoms with van der Waals surface area (Å²) in [5, 5.41) is 9.13. The van der Waals surface area contributed by atoms with Gasteiger partial charge >= 0.3 is 0 Å². The molecule has 0 saturated heterocycles. The molecule has 1 aromatic rings. The summed E-state index contributed by atoms with van der Waals surface area (Å²) in [5.74, 6) is 0. The van der Waals surface area contributed by atoms with Crippen molar-refractivity contribution in [3.05, 3.63) is 24.0 Å². The number of aliphatic hydroxyl groups excluding tert-OH is 1. The fourth-order valence-electron chi connectivity index (χ4n) is 2.17. The second kappa shape index (κ2) is 5.47. The number of nitrogens with two attached hydrogens (primary N) is 1. The molecule has 4 heteroatoms. The predicted molar refractivity (Wildman–Crippen MR) is 68.9 cm³/mol. The SMILES string of the molecule is CC(N)c1ccc(N(CCO)C2CCC2)cn1. The number of anilines is 1. The topological polar surface area (TPSA) is 62.4 Å². The third-order valence-electron chi connectivity index (χ3n) is 3.43. The highest BCUT2D eigenvalue weighted by Gasteiger charge is 2.24. The maximum atomic E-state index is 9.13. The van der Waals surface area contributed by atoms with Crippen LogP contribution in [0, 0.1) is 0 Å². The minimum Gasteiger partial charge on any atom is -0.395 e. The number of hydrogen-bond donors (Lipinski definition) is 2. The molecule has 2 rings (SSSR count). The van der Waals surface area contributed by atoms with Crippen molar-refractivity contribution in [2.75, 3.05) is 18.1 Å². The first-order chi connectivity index (χ1) is 8.22. The first kappa shape index (κ1) is 12.3. The zero-order chi connectivity index (χ0) is 12.3. The zero-order valence-corrected chi connectivity index (χ0v) is 10.3. The molecular weight excluding hydrogens is 214 g/mol. The van der Waals surface area contributed by atoms with Crippen LogP contribution in [-0.2, 0) is 0 Å². The van der Waals surface area contributed by atoms with E-state index in [1.807, 2.05) is 19.2 Å². The Bertz CT molecular complexity index is 346. The van der Waals surface area contributed by atoms with E-state index in [1.165, 1.54) is 19.3 Å². The molecule has 0 spiro atoms. The summed E-state index contributed by atoms with van der Waals surface area (Å²) in [4.78, 5) is 6.63. The van der Waals surface area contributed by atoms with Gasteiger partial charge in [-0.15, -0.1) is 0 Å². The van der Waals surface area contributed by atoms with Crippen molar-refractivity contribution < 1.29 is 5.11 Å². The van der Waals surface area contributed by atoms with Crippen LogP contribution in [0.25, 0.3) is 0 Å². The van der Waals surface area contributed by atoms with Gasteiger partial charge in [0.2, 0.25) is 0 Å². The fourth-order valence-corrected chi connectivity index (χ4v) is 2.17. The smallest absolute Gasteiger partial charge is 0.0606 e. The summed E-state index contributed by atoms with van der Waals surface area (Å²) in [6, 6.07) is 4.58. The summed E-state index contributed by atoms with van der Waals surface area (Å²) in [6.07, 6.45) is 5.59. The molecular formula is C13H21N3O. The van der Waals surface area contributed by atoms with Gasteiger partial charge in [-0.3, -0.25) is 4.98 Å². The molecule has 1 fully saturated rings. The minimum atomic E-state index is -0.0287. The molecule has 1 aliphatic carbocycles. The molecule has 3 N–H and O–H groups in total. The Balaban J connectivity index is 2.11. The van der Waals surface area contributed by atoms with Crippen LogP contribution in [0.4, 0.5) is 5.69 Å². The number of pyridine rings is 1. The van der Waals surface area contributed by atoms with Gasteiger partial charge in [-0.25, -0.2) is 0 Å². The monoisotopic (exact) mass is 235 g/mol. The standard InChI is InChI=1S/C13H21N3O/c1-10(14)13-6-5-12(9-15-13)16(7-8-17)11-3-2-4-11/h5-6,9-11,17H,2-4,7-8,14H2,1H3. The van der Waals surface area contributed by atoms with Gasteiger partial charge in [0.25, 0.3) is 0 Å². The van der Waals surface area contributed by atoms with Crippen LogP contribution in [0.15, 0.2) is 18.3 Å². The van der Waals surface area contributed by atoms with E-state index in [4.69, 9.17) is 10.8 Å². The van der Waals surface area contributed by atoms with Crippen molar-refractivity contribution in [1.82, 2.24) is 4.98 Å². The quantitative estimate of drug-likeness (QED) is 0.811. The molecule has 1 unspecified atom stereocenters. The molecule has 4 nitrogen and oxygen atoms in total. The molecule has 17 heavy (non-hydrogen) atoms. The summed E-state index contributed by atoms with van der Waals surface area (Å²) >= 11 is 0. The lowest BCUT2D eigenvalue weighted by molar-refractivity contribution is 0.283. The van der Waals surface area contributed by atoms with E-state index < -0.39 is 0 Å². The molecule has 0 amide bonds. The van der Waals surface area contributed by atoms with E-state index in [9.17, 15) is 0 Å². The van der Waals surface area contributed by atoms with E-state index in [0.717, 1.165) is 11.4 Å². The predicted octanol–water partition coefficient (Wildman–Crippen LogP) is 1.45. The molecule has 1 aliphatic rings. The van der Waals surface area contributed by atoms with Gasteiger partial charge in [0.05, 0.1) is 24.2 Å². The van der Waals surface area contributed by atoms with Crippen LogP contribution in [0.1, 0.15) is 37.9 Å². The molecule has 1 heterocycles. The second-order valence-corrected chi connectivity index (χ2v) is 4.73. The molecule has 1 saturated carbocycles. The highest BCUT2D eigenvalue weighted by Crippen LogP contribution is 2.29. The summed E-state index contributed by atoms with van der Waals surface area (Å²) in [7, 11) is 0. The van der Waals surface area contributed by atoms with Crippen LogP contribution in [0.2, 0.25) is 0 Å². The molecule has 0 aromatic carbocycles. The lowest BCUT2D eigenvalue weighted by Gasteiger charge is -2.38. The number of nitrogens with zero attached hydrogens (tertiary/aromatic N) is 2. The van der Waals surface area contributed by atoms with E-state index in [-0.39, 0.29) is 12.6 Å². The highest BCUT2D eigenvalue weighted by atomic mass is 16.3. The second-order valence-electron chi connectivity index (χ2n) is 4.73. The Labute approximate surface area is 102 Å². The lowest BCUT2D eigenvalue weighted by Crippen LogP contribution is -2.42. The molecule has 1 atom stereocenters. The van der Waals surface area contributed by atoms with Crippen molar-refractivity contribution in [2.45, 2.75) is 38.3 Å². The first-order valence-corrected chi connectivity index (χ1v) is 6.31. The number of rotatable bonds is 5. The Morgan fingerprint density at radius 2 is 2.29 bits per heavy atom. The van der Waals surface area contributed by atoms with Gasteiger partial charge in [-0.2, -0.15) is 0 Å². The van der Waals surface area contributed by atoms with Crippen LogP contribution >= 0.6 is 0 Å². The third kappa shape index (κ3) is 2.76. The van der Waals surface area contributed by atoms with Crippen LogP contribution in [-0.4, -0.2) is 29.3 Å². The largest absolute Gasteiger partial charge is 0.395 e. The highest BCUT2D eigenvalue weighted by molar-refractivity contribution is 5.46. The third-order valence-corrected chi connectivity index (χ3v) is 3.43. The van der Waals surface area contributed by atoms with Crippen LogP contribution in [0.3, 0.4) is 0 Å². The molecule has 0 bridgehead atoms. The zero-order valence-electron chi connectivity index (χ0n) is 10.3. The number of hydrogen-bond acceptors (Lipinski definition) is 4. The van der Waals surface area contributed by atoms with E-state index in [2.05, 4.69) is 16.0 Å². The summed E-state index contributed by atoms with van der Waals surface area (Å²) in [6.45, 7) is 2.80. The Hall–Kier alpha value is -1.13. The van der Waals surface area contributed by atoms with Gasteiger partial charge in [0, 0.05) is 18.6 Å². The van der Waals surface area contributed by atoms with Crippen molar-refractivity contribution in [2.24, 2.45) is 5.73 Å².